The number of anilines is 1. The van der Waals surface area contributed by atoms with Gasteiger partial charge < -0.3 is 19.0 Å². The first kappa shape index (κ1) is 15.4. The number of furan rings is 1. The largest absolute Gasteiger partial charge is 0.485 e. The van der Waals surface area contributed by atoms with E-state index in [0.717, 1.165) is 30.1 Å². The first-order chi connectivity index (χ1) is 11.1. The Hall–Kier alpha value is -2.50. The van der Waals surface area contributed by atoms with Crippen molar-refractivity contribution in [3.05, 3.63) is 42.5 Å². The third-order valence-electron chi connectivity index (χ3n) is 3.90. The summed E-state index contributed by atoms with van der Waals surface area (Å²) in [5.74, 6) is 1.67. The molecule has 1 aliphatic rings. The van der Waals surface area contributed by atoms with Crippen LogP contribution in [0, 0.1) is 0 Å². The predicted octanol–water partition coefficient (Wildman–Crippen LogP) is 1.96. The second kappa shape index (κ2) is 6.73. The highest BCUT2D eigenvalue weighted by Crippen LogP contribution is 2.26. The number of ether oxygens (including phenoxy) is 1. The Morgan fingerprint density at radius 3 is 3.09 bits per heavy atom. The van der Waals surface area contributed by atoms with Gasteiger partial charge in [-0.3, -0.25) is 4.79 Å². The van der Waals surface area contributed by atoms with Crippen LogP contribution in [-0.4, -0.2) is 49.1 Å². The fourth-order valence-electron chi connectivity index (χ4n) is 2.72. The maximum atomic E-state index is 12.3. The van der Waals surface area contributed by atoms with Crippen LogP contribution in [0.4, 0.5) is 5.82 Å². The van der Waals surface area contributed by atoms with Crippen molar-refractivity contribution in [1.82, 2.24) is 9.88 Å². The molecule has 3 heterocycles. The van der Waals surface area contributed by atoms with Crippen LogP contribution in [0.5, 0.6) is 5.75 Å². The van der Waals surface area contributed by atoms with Crippen LogP contribution in [0.1, 0.15) is 12.0 Å². The van der Waals surface area contributed by atoms with Gasteiger partial charge in [-0.15, -0.1) is 0 Å². The minimum absolute atomic E-state index is 0.00574. The van der Waals surface area contributed by atoms with Crippen LogP contribution in [0.25, 0.3) is 0 Å². The molecule has 3 rings (SSSR count). The van der Waals surface area contributed by atoms with Gasteiger partial charge in [-0.1, -0.05) is 0 Å². The van der Waals surface area contributed by atoms with Gasteiger partial charge in [-0.05, 0) is 23.8 Å². The molecule has 1 amide bonds. The maximum absolute atomic E-state index is 12.3. The molecular weight excluding hydrogens is 294 g/mol. The standard InChI is InChI=1S/C17H21N3O3/c1-19(2)17-15(4-3-7-18-17)23-14-5-8-20(11-14)16(21)10-13-6-9-22-12-13/h3-4,6-7,9,12,14H,5,8,10-11H2,1-2H3. The molecule has 6 nitrogen and oxygen atoms in total. The Labute approximate surface area is 135 Å². The fraction of sp³-hybridized carbons (Fsp3) is 0.412. The first-order valence-electron chi connectivity index (χ1n) is 7.71. The molecule has 0 spiro atoms. The molecule has 1 atom stereocenters. The summed E-state index contributed by atoms with van der Waals surface area (Å²) in [5.41, 5.74) is 0.904. The molecular formula is C17H21N3O3. The van der Waals surface area contributed by atoms with Crippen molar-refractivity contribution in [2.24, 2.45) is 0 Å². The maximum Gasteiger partial charge on any atom is 0.227 e. The Morgan fingerprint density at radius 1 is 1.48 bits per heavy atom. The topological polar surface area (TPSA) is 58.8 Å². The number of hydrogen-bond donors (Lipinski definition) is 0. The van der Waals surface area contributed by atoms with E-state index in [1.165, 1.54) is 0 Å². The molecule has 0 N–H and O–H groups in total. The molecule has 6 heteroatoms. The average Bonchev–Trinajstić information content (AvgIpc) is 3.19. The minimum Gasteiger partial charge on any atom is -0.485 e. The molecule has 1 aliphatic heterocycles. The van der Waals surface area contributed by atoms with E-state index >= 15 is 0 Å². The SMILES string of the molecule is CN(C)c1ncccc1OC1CCN(C(=O)Cc2ccoc2)C1. The second-order valence-electron chi connectivity index (χ2n) is 5.90. The summed E-state index contributed by atoms with van der Waals surface area (Å²) in [4.78, 5) is 20.4. The summed E-state index contributed by atoms with van der Waals surface area (Å²) in [5, 5.41) is 0. The molecule has 122 valence electrons. The van der Waals surface area contributed by atoms with Gasteiger partial charge in [0.25, 0.3) is 0 Å². The van der Waals surface area contributed by atoms with E-state index in [1.54, 1.807) is 18.7 Å². The molecule has 1 saturated heterocycles. The number of likely N-dealkylation sites (tertiary alicyclic amines) is 1. The van der Waals surface area contributed by atoms with Gasteiger partial charge in [-0.25, -0.2) is 4.98 Å². The third-order valence-corrected chi connectivity index (χ3v) is 3.90. The van der Waals surface area contributed by atoms with Crippen molar-refractivity contribution >= 4 is 11.7 Å². The Balaban J connectivity index is 1.59. The van der Waals surface area contributed by atoms with E-state index in [2.05, 4.69) is 4.98 Å². The highest BCUT2D eigenvalue weighted by atomic mass is 16.5. The molecule has 23 heavy (non-hydrogen) atoms. The van der Waals surface area contributed by atoms with E-state index < -0.39 is 0 Å². The summed E-state index contributed by atoms with van der Waals surface area (Å²) < 4.78 is 11.1. The number of pyridine rings is 1. The molecule has 2 aromatic heterocycles. The normalized spacial score (nSPS) is 17.3. The van der Waals surface area contributed by atoms with Gasteiger partial charge in [0.1, 0.15) is 6.10 Å². The molecule has 2 aromatic rings. The van der Waals surface area contributed by atoms with Crippen LogP contribution < -0.4 is 9.64 Å². The summed E-state index contributed by atoms with van der Waals surface area (Å²) in [6.07, 6.45) is 6.16. The van der Waals surface area contributed by atoms with Gasteiger partial charge in [0.15, 0.2) is 11.6 Å². The highest BCUT2D eigenvalue weighted by Gasteiger charge is 2.28. The smallest absolute Gasteiger partial charge is 0.227 e. The molecule has 0 saturated carbocycles. The van der Waals surface area contributed by atoms with Gasteiger partial charge in [-0.2, -0.15) is 0 Å². The summed E-state index contributed by atoms with van der Waals surface area (Å²) in [6, 6.07) is 5.60. The lowest BCUT2D eigenvalue weighted by Gasteiger charge is -2.20. The second-order valence-corrected chi connectivity index (χ2v) is 5.90. The average molecular weight is 315 g/mol. The fourth-order valence-corrected chi connectivity index (χ4v) is 2.72. The van der Waals surface area contributed by atoms with Gasteiger partial charge in [0.2, 0.25) is 5.91 Å². The van der Waals surface area contributed by atoms with E-state index in [0.29, 0.717) is 13.0 Å². The van der Waals surface area contributed by atoms with Crippen molar-refractivity contribution < 1.29 is 13.9 Å². The number of hydrogen-bond acceptors (Lipinski definition) is 5. The number of aromatic nitrogens is 1. The van der Waals surface area contributed by atoms with E-state index in [-0.39, 0.29) is 12.0 Å². The zero-order chi connectivity index (χ0) is 16.2. The van der Waals surface area contributed by atoms with Crippen molar-refractivity contribution in [3.63, 3.8) is 0 Å². The lowest BCUT2D eigenvalue weighted by Crippen LogP contribution is -2.32. The Kier molecular flexibility index (Phi) is 4.50. The molecule has 1 unspecified atom stereocenters. The summed E-state index contributed by atoms with van der Waals surface area (Å²) >= 11 is 0. The quantitative estimate of drug-likeness (QED) is 0.844. The monoisotopic (exact) mass is 315 g/mol. The van der Waals surface area contributed by atoms with Crippen LogP contribution in [0.3, 0.4) is 0 Å². The number of amides is 1. The van der Waals surface area contributed by atoms with Crippen LogP contribution in [0.2, 0.25) is 0 Å². The number of carbonyl (C=O) groups is 1. The minimum atomic E-state index is 0.00574. The Morgan fingerprint density at radius 2 is 2.35 bits per heavy atom. The van der Waals surface area contributed by atoms with Gasteiger partial charge in [0.05, 0.1) is 25.5 Å². The van der Waals surface area contributed by atoms with E-state index in [4.69, 9.17) is 9.15 Å². The number of nitrogens with zero attached hydrogens (tertiary/aromatic N) is 3. The first-order valence-corrected chi connectivity index (χ1v) is 7.71. The van der Waals surface area contributed by atoms with Crippen LogP contribution in [-0.2, 0) is 11.2 Å². The van der Waals surface area contributed by atoms with Crippen LogP contribution in [0.15, 0.2) is 41.3 Å². The third kappa shape index (κ3) is 3.64. The number of rotatable bonds is 5. The van der Waals surface area contributed by atoms with Gasteiger partial charge >= 0.3 is 0 Å². The van der Waals surface area contributed by atoms with Gasteiger partial charge in [0, 0.05) is 33.3 Å². The van der Waals surface area contributed by atoms with E-state index in [9.17, 15) is 4.79 Å². The molecule has 0 bridgehead atoms. The number of carbonyl (C=O) groups excluding carboxylic acids is 1. The van der Waals surface area contributed by atoms with Crippen molar-refractivity contribution in [3.8, 4) is 5.75 Å². The lowest BCUT2D eigenvalue weighted by atomic mass is 10.2. The molecule has 1 fully saturated rings. The van der Waals surface area contributed by atoms with Crippen molar-refractivity contribution in [2.45, 2.75) is 18.9 Å². The zero-order valence-corrected chi connectivity index (χ0v) is 13.4. The van der Waals surface area contributed by atoms with E-state index in [1.807, 2.05) is 42.1 Å². The van der Waals surface area contributed by atoms with Crippen LogP contribution >= 0.6 is 0 Å². The lowest BCUT2D eigenvalue weighted by molar-refractivity contribution is -0.129. The highest BCUT2D eigenvalue weighted by molar-refractivity contribution is 5.79. The summed E-state index contributed by atoms with van der Waals surface area (Å²) in [7, 11) is 3.87. The van der Waals surface area contributed by atoms with Crippen molar-refractivity contribution in [2.75, 3.05) is 32.1 Å². The molecule has 0 aromatic carbocycles. The molecule has 0 radical (unpaired) electrons. The zero-order valence-electron chi connectivity index (χ0n) is 13.4. The predicted molar refractivity (Wildman–Crippen MR) is 86.6 cm³/mol. The summed E-state index contributed by atoms with van der Waals surface area (Å²) in [6.45, 7) is 1.33. The molecule has 0 aliphatic carbocycles. The Bertz CT molecular complexity index is 655. The van der Waals surface area contributed by atoms with Crippen molar-refractivity contribution in [1.29, 1.82) is 0 Å².